The van der Waals surface area contributed by atoms with Crippen molar-refractivity contribution in [3.8, 4) is 6.07 Å². The summed E-state index contributed by atoms with van der Waals surface area (Å²) in [6.45, 7) is 4.30. The van der Waals surface area contributed by atoms with E-state index in [0.717, 1.165) is 23.2 Å². The minimum Gasteiger partial charge on any atom is -0.302 e. The van der Waals surface area contributed by atoms with E-state index < -0.39 is 9.84 Å². The van der Waals surface area contributed by atoms with Crippen LogP contribution < -0.4 is 0 Å². The van der Waals surface area contributed by atoms with Crippen LogP contribution >= 0.6 is 11.8 Å². The molecule has 6 nitrogen and oxygen atoms in total. The molecule has 0 bridgehead atoms. The van der Waals surface area contributed by atoms with Crippen LogP contribution in [0.1, 0.15) is 31.0 Å². The largest absolute Gasteiger partial charge is 0.302 e. The number of aromatic nitrogens is 3. The van der Waals surface area contributed by atoms with Gasteiger partial charge in [0, 0.05) is 24.6 Å². The number of sulfone groups is 1. The van der Waals surface area contributed by atoms with Crippen LogP contribution in [-0.4, -0.2) is 40.4 Å². The van der Waals surface area contributed by atoms with Gasteiger partial charge in [0.1, 0.15) is 5.82 Å². The molecule has 1 saturated heterocycles. The number of thioether (sulfide) groups is 1. The fourth-order valence-corrected chi connectivity index (χ4v) is 4.96. The number of nitriles is 1. The molecule has 1 atom stereocenters. The molecular weight excluding hydrogens is 308 g/mol. The molecule has 0 amide bonds. The highest BCUT2D eigenvalue weighted by atomic mass is 32.2. The van der Waals surface area contributed by atoms with E-state index in [2.05, 4.69) is 22.8 Å². The molecule has 114 valence electrons. The highest BCUT2D eigenvalue weighted by molar-refractivity contribution is 7.99. The van der Waals surface area contributed by atoms with Crippen LogP contribution in [0.4, 0.5) is 0 Å². The quantitative estimate of drug-likeness (QED) is 0.431. The first-order valence-corrected chi connectivity index (χ1v) is 9.62. The number of allylic oxidation sites excluding steroid dienone is 1. The zero-order valence-electron chi connectivity index (χ0n) is 11.7. The van der Waals surface area contributed by atoms with E-state index >= 15 is 0 Å². The molecule has 0 N–H and O–H groups in total. The Morgan fingerprint density at radius 3 is 2.95 bits per heavy atom. The van der Waals surface area contributed by atoms with Gasteiger partial charge in [-0.3, -0.25) is 0 Å². The van der Waals surface area contributed by atoms with Crippen LogP contribution in [0.25, 0.3) is 0 Å². The number of rotatable bonds is 7. The van der Waals surface area contributed by atoms with Crippen molar-refractivity contribution in [1.29, 1.82) is 5.26 Å². The van der Waals surface area contributed by atoms with E-state index in [-0.39, 0.29) is 17.4 Å². The third-order valence-electron chi connectivity index (χ3n) is 3.32. The van der Waals surface area contributed by atoms with Crippen molar-refractivity contribution < 1.29 is 8.42 Å². The van der Waals surface area contributed by atoms with E-state index in [1.165, 1.54) is 0 Å². The summed E-state index contributed by atoms with van der Waals surface area (Å²) < 4.78 is 25.2. The summed E-state index contributed by atoms with van der Waals surface area (Å²) in [7, 11) is -2.94. The average molecular weight is 326 g/mol. The Morgan fingerprint density at radius 2 is 2.33 bits per heavy atom. The van der Waals surface area contributed by atoms with E-state index in [1.807, 2.05) is 4.57 Å². The van der Waals surface area contributed by atoms with E-state index in [1.54, 1.807) is 17.8 Å². The van der Waals surface area contributed by atoms with E-state index in [0.29, 0.717) is 19.4 Å². The summed E-state index contributed by atoms with van der Waals surface area (Å²) in [4.78, 5) is 0. The third kappa shape index (κ3) is 4.08. The average Bonchev–Trinajstić information content (AvgIpc) is 2.99. The standard InChI is InChI=1S/C13H18N4O2S2/c1-2-7-17-12(11-5-9-21(18,19)10-11)15-16-13(17)20-8-4-3-6-14/h2,11H,1,3-5,7-10H2/t11-/m1/s1. The van der Waals surface area contributed by atoms with Gasteiger partial charge in [0.05, 0.1) is 17.6 Å². The summed E-state index contributed by atoms with van der Waals surface area (Å²) in [5.41, 5.74) is 0. The summed E-state index contributed by atoms with van der Waals surface area (Å²) in [6, 6.07) is 2.11. The second kappa shape index (κ2) is 7.09. The molecule has 0 radical (unpaired) electrons. The molecule has 2 rings (SSSR count). The van der Waals surface area contributed by atoms with Crippen LogP contribution in [-0.2, 0) is 16.4 Å². The van der Waals surface area contributed by atoms with Gasteiger partial charge in [0.2, 0.25) is 0 Å². The van der Waals surface area contributed by atoms with Crippen LogP contribution in [0.5, 0.6) is 0 Å². The monoisotopic (exact) mass is 326 g/mol. The molecule has 21 heavy (non-hydrogen) atoms. The van der Waals surface area contributed by atoms with Gasteiger partial charge in [0.15, 0.2) is 15.0 Å². The SMILES string of the molecule is C=CCn1c(SCCCC#N)nnc1[C@@H]1CCS(=O)(=O)C1. The molecule has 8 heteroatoms. The third-order valence-corrected chi connectivity index (χ3v) is 6.14. The Bertz CT molecular complexity index is 646. The minimum absolute atomic E-state index is 0.0732. The first-order valence-electron chi connectivity index (χ1n) is 6.81. The molecule has 0 aromatic carbocycles. The van der Waals surface area contributed by atoms with Crippen molar-refractivity contribution in [2.24, 2.45) is 0 Å². The maximum Gasteiger partial charge on any atom is 0.191 e. The van der Waals surface area contributed by atoms with Crippen LogP contribution in [0.3, 0.4) is 0 Å². The lowest BCUT2D eigenvalue weighted by molar-refractivity contribution is 0.597. The van der Waals surface area contributed by atoms with Crippen molar-refractivity contribution in [2.75, 3.05) is 17.3 Å². The topological polar surface area (TPSA) is 88.6 Å². The van der Waals surface area contributed by atoms with Crippen LogP contribution in [0, 0.1) is 11.3 Å². The van der Waals surface area contributed by atoms with Gasteiger partial charge in [-0.05, 0) is 12.8 Å². The molecule has 0 saturated carbocycles. The van der Waals surface area contributed by atoms with Crippen molar-refractivity contribution in [3.63, 3.8) is 0 Å². The van der Waals surface area contributed by atoms with E-state index in [4.69, 9.17) is 5.26 Å². The summed E-state index contributed by atoms with van der Waals surface area (Å²) in [5, 5.41) is 17.7. The highest BCUT2D eigenvalue weighted by Crippen LogP contribution is 2.30. The summed E-state index contributed by atoms with van der Waals surface area (Å²) >= 11 is 1.55. The Morgan fingerprint density at radius 1 is 1.52 bits per heavy atom. The molecule has 1 fully saturated rings. The highest BCUT2D eigenvalue weighted by Gasteiger charge is 2.33. The second-order valence-electron chi connectivity index (χ2n) is 4.95. The van der Waals surface area contributed by atoms with Gasteiger partial charge in [0.25, 0.3) is 0 Å². The lowest BCUT2D eigenvalue weighted by Gasteiger charge is -2.10. The first-order chi connectivity index (χ1) is 10.1. The molecule has 2 heterocycles. The Labute approximate surface area is 129 Å². The second-order valence-corrected chi connectivity index (χ2v) is 8.24. The van der Waals surface area contributed by atoms with Crippen molar-refractivity contribution in [3.05, 3.63) is 18.5 Å². The number of hydrogen-bond acceptors (Lipinski definition) is 6. The zero-order valence-corrected chi connectivity index (χ0v) is 13.4. The van der Waals surface area contributed by atoms with Crippen LogP contribution in [0.2, 0.25) is 0 Å². The Kier molecular flexibility index (Phi) is 5.42. The molecule has 0 spiro atoms. The van der Waals surface area contributed by atoms with E-state index in [9.17, 15) is 8.42 Å². The van der Waals surface area contributed by atoms with Gasteiger partial charge in [-0.1, -0.05) is 17.8 Å². The zero-order chi connectivity index (χ0) is 15.3. The Balaban J connectivity index is 2.13. The minimum atomic E-state index is -2.94. The van der Waals surface area contributed by atoms with Crippen molar-refractivity contribution in [1.82, 2.24) is 14.8 Å². The molecule has 1 aliphatic rings. The lowest BCUT2D eigenvalue weighted by atomic mass is 10.1. The first kappa shape index (κ1) is 16.0. The van der Waals surface area contributed by atoms with Gasteiger partial charge in [-0.15, -0.1) is 16.8 Å². The molecule has 0 aliphatic carbocycles. The predicted molar refractivity (Wildman–Crippen MR) is 81.8 cm³/mol. The van der Waals surface area contributed by atoms with Gasteiger partial charge >= 0.3 is 0 Å². The summed E-state index contributed by atoms with van der Waals surface area (Å²) in [6.07, 6.45) is 3.69. The van der Waals surface area contributed by atoms with Crippen LogP contribution in [0.15, 0.2) is 17.8 Å². The molecule has 1 aromatic heterocycles. The Hall–Kier alpha value is -1.33. The van der Waals surface area contributed by atoms with Gasteiger partial charge in [-0.25, -0.2) is 8.42 Å². The smallest absolute Gasteiger partial charge is 0.191 e. The number of hydrogen-bond donors (Lipinski definition) is 0. The predicted octanol–water partition coefficient (Wildman–Crippen LogP) is 1.76. The summed E-state index contributed by atoms with van der Waals surface area (Å²) in [5.74, 6) is 1.84. The maximum absolute atomic E-state index is 11.6. The molecule has 0 unspecified atom stereocenters. The van der Waals surface area contributed by atoms with Gasteiger partial charge < -0.3 is 4.57 Å². The number of nitrogens with zero attached hydrogens (tertiary/aromatic N) is 4. The normalized spacial score (nSPS) is 20.2. The molecular formula is C13H18N4O2S2. The van der Waals surface area contributed by atoms with Crippen molar-refractivity contribution in [2.45, 2.75) is 36.9 Å². The molecule has 1 aromatic rings. The fraction of sp³-hybridized carbons (Fsp3) is 0.615. The molecule has 1 aliphatic heterocycles. The van der Waals surface area contributed by atoms with Gasteiger partial charge in [-0.2, -0.15) is 5.26 Å². The van der Waals surface area contributed by atoms with Crippen molar-refractivity contribution >= 4 is 21.6 Å². The fourth-order valence-electron chi connectivity index (χ4n) is 2.32. The maximum atomic E-state index is 11.6. The lowest BCUT2D eigenvalue weighted by Crippen LogP contribution is -2.11. The number of unbranched alkanes of at least 4 members (excludes halogenated alkanes) is 1.